The molecule has 1 N–H and O–H groups in total. The third kappa shape index (κ3) is 4.47. The number of thiophene rings is 1. The summed E-state index contributed by atoms with van der Waals surface area (Å²) in [6, 6.07) is 8.15. The second kappa shape index (κ2) is 8.37. The first kappa shape index (κ1) is 19.8. The molecule has 0 radical (unpaired) electrons. The average molecular weight is 480 g/mol. The maximum atomic E-state index is 12.9. The van der Waals surface area contributed by atoms with Gasteiger partial charge in [-0.05, 0) is 46.3 Å². The first-order valence-electron chi connectivity index (χ1n) is 7.78. The lowest BCUT2D eigenvalue weighted by molar-refractivity contribution is 0.0730. The van der Waals surface area contributed by atoms with Crippen LogP contribution in [0.5, 0.6) is 0 Å². The van der Waals surface area contributed by atoms with Gasteiger partial charge in [0.2, 0.25) is 10.0 Å². The van der Waals surface area contributed by atoms with E-state index < -0.39 is 10.0 Å². The number of halogens is 2. The van der Waals surface area contributed by atoms with Crippen molar-refractivity contribution in [2.75, 3.05) is 26.3 Å². The molecule has 1 aliphatic rings. The van der Waals surface area contributed by atoms with Crippen molar-refractivity contribution in [3.8, 4) is 0 Å². The first-order chi connectivity index (χ1) is 12.4. The normalized spacial score (nSPS) is 15.8. The predicted octanol–water partition coefficient (Wildman–Crippen LogP) is 3.11. The van der Waals surface area contributed by atoms with Gasteiger partial charge in [0.1, 0.15) is 0 Å². The van der Waals surface area contributed by atoms with Crippen LogP contribution in [0.1, 0.15) is 15.2 Å². The maximum Gasteiger partial charge on any atom is 0.251 e. The molecule has 0 unspecified atom stereocenters. The molecular formula is C16H16BrClN2O4S2. The second-order valence-corrected chi connectivity index (χ2v) is 10.1. The molecular weight excluding hydrogens is 464 g/mol. The fourth-order valence-electron chi connectivity index (χ4n) is 2.48. The highest BCUT2D eigenvalue weighted by Crippen LogP contribution is 2.27. The van der Waals surface area contributed by atoms with Gasteiger partial charge in [0, 0.05) is 28.0 Å². The number of nitrogens with zero attached hydrogens (tertiary/aromatic N) is 1. The summed E-state index contributed by atoms with van der Waals surface area (Å²) in [7, 11) is -3.70. The van der Waals surface area contributed by atoms with Crippen molar-refractivity contribution in [3.05, 3.63) is 49.6 Å². The van der Waals surface area contributed by atoms with Crippen molar-refractivity contribution < 1.29 is 17.9 Å². The predicted molar refractivity (Wildman–Crippen MR) is 104 cm³/mol. The molecule has 1 aromatic carbocycles. The number of nitrogens with one attached hydrogen (secondary N) is 1. The fourth-order valence-corrected chi connectivity index (χ4v) is 5.87. The quantitative estimate of drug-likeness (QED) is 0.715. The molecule has 3 rings (SSSR count). The molecule has 0 atom stereocenters. The van der Waals surface area contributed by atoms with Gasteiger partial charge in [-0.15, -0.1) is 11.3 Å². The zero-order valence-electron chi connectivity index (χ0n) is 13.6. The molecule has 0 bridgehead atoms. The van der Waals surface area contributed by atoms with E-state index in [-0.39, 0.29) is 16.4 Å². The van der Waals surface area contributed by atoms with E-state index in [9.17, 15) is 13.2 Å². The van der Waals surface area contributed by atoms with Gasteiger partial charge in [-0.3, -0.25) is 4.79 Å². The summed E-state index contributed by atoms with van der Waals surface area (Å²) in [5, 5.41) is 2.78. The Balaban J connectivity index is 1.79. The molecule has 1 aromatic heterocycles. The summed E-state index contributed by atoms with van der Waals surface area (Å²) in [5.74, 6) is -0.347. The molecule has 10 heteroatoms. The maximum absolute atomic E-state index is 12.9. The standard InChI is InChI=1S/C16H16BrClN2O4S2/c17-13-3-1-11(16(21)19-10-12-2-4-15(18)25-12)9-14(13)26(22,23)20-5-7-24-8-6-20/h1-4,9H,5-8,10H2,(H,19,21). The third-order valence-corrected chi connectivity index (χ3v) is 7.96. The van der Waals surface area contributed by atoms with Crippen LogP contribution >= 0.6 is 38.9 Å². The molecule has 1 fully saturated rings. The average Bonchev–Trinajstić information content (AvgIpc) is 3.06. The van der Waals surface area contributed by atoms with Crippen molar-refractivity contribution in [1.82, 2.24) is 9.62 Å². The number of amides is 1. The van der Waals surface area contributed by atoms with Gasteiger partial charge in [-0.25, -0.2) is 8.42 Å². The van der Waals surface area contributed by atoms with Gasteiger partial charge in [-0.2, -0.15) is 4.31 Å². The van der Waals surface area contributed by atoms with E-state index in [1.807, 2.05) is 6.07 Å². The minimum atomic E-state index is -3.70. The molecule has 1 saturated heterocycles. The van der Waals surface area contributed by atoms with E-state index in [4.69, 9.17) is 16.3 Å². The van der Waals surface area contributed by atoms with E-state index in [2.05, 4.69) is 21.2 Å². The molecule has 26 heavy (non-hydrogen) atoms. The summed E-state index contributed by atoms with van der Waals surface area (Å²) in [6.45, 7) is 1.65. The van der Waals surface area contributed by atoms with E-state index in [0.717, 1.165) is 4.88 Å². The van der Waals surface area contributed by atoms with Crippen LogP contribution in [0.25, 0.3) is 0 Å². The van der Waals surface area contributed by atoms with Crippen LogP contribution in [0.2, 0.25) is 4.34 Å². The minimum Gasteiger partial charge on any atom is -0.379 e. The number of hydrogen-bond acceptors (Lipinski definition) is 5. The highest BCUT2D eigenvalue weighted by Gasteiger charge is 2.28. The summed E-state index contributed by atoms with van der Waals surface area (Å²) >= 11 is 10.5. The van der Waals surface area contributed by atoms with E-state index in [1.165, 1.54) is 21.7 Å². The smallest absolute Gasteiger partial charge is 0.251 e. The fraction of sp³-hybridized carbons (Fsp3) is 0.312. The van der Waals surface area contributed by atoms with Crippen LogP contribution in [0.15, 0.2) is 39.7 Å². The molecule has 2 aromatic rings. The number of ether oxygens (including phenoxy) is 1. The number of benzene rings is 1. The van der Waals surface area contributed by atoms with Gasteiger partial charge in [0.25, 0.3) is 5.91 Å². The Morgan fingerprint density at radius 3 is 2.65 bits per heavy atom. The Hall–Kier alpha value is -0.970. The zero-order valence-corrected chi connectivity index (χ0v) is 17.5. The lowest BCUT2D eigenvalue weighted by Crippen LogP contribution is -2.40. The molecule has 0 saturated carbocycles. The van der Waals surface area contributed by atoms with Crippen LogP contribution in [0.3, 0.4) is 0 Å². The van der Waals surface area contributed by atoms with Crippen LogP contribution in [-0.4, -0.2) is 44.9 Å². The molecule has 1 aliphatic heterocycles. The van der Waals surface area contributed by atoms with Crippen molar-refractivity contribution in [2.45, 2.75) is 11.4 Å². The second-order valence-electron chi connectivity index (χ2n) is 5.55. The number of carbonyl (C=O) groups is 1. The van der Waals surface area contributed by atoms with Gasteiger partial charge in [0.15, 0.2) is 0 Å². The Labute approximate surface area is 169 Å². The van der Waals surface area contributed by atoms with E-state index >= 15 is 0 Å². The summed E-state index contributed by atoms with van der Waals surface area (Å²) in [6.07, 6.45) is 0. The summed E-state index contributed by atoms with van der Waals surface area (Å²) in [4.78, 5) is 13.4. The van der Waals surface area contributed by atoms with Crippen molar-refractivity contribution >= 4 is 54.8 Å². The van der Waals surface area contributed by atoms with E-state index in [1.54, 1.807) is 18.2 Å². The van der Waals surface area contributed by atoms with Crippen LogP contribution in [-0.2, 0) is 21.3 Å². The summed E-state index contributed by atoms with van der Waals surface area (Å²) in [5.41, 5.74) is 0.280. The Bertz CT molecular complexity index is 911. The topological polar surface area (TPSA) is 75.7 Å². The number of hydrogen-bond donors (Lipinski definition) is 1. The lowest BCUT2D eigenvalue weighted by Gasteiger charge is -2.26. The third-order valence-electron chi connectivity index (χ3n) is 3.83. The zero-order chi connectivity index (χ0) is 18.7. The molecule has 0 aliphatic carbocycles. The van der Waals surface area contributed by atoms with Crippen molar-refractivity contribution in [1.29, 1.82) is 0 Å². The number of morpholine rings is 1. The highest BCUT2D eigenvalue weighted by molar-refractivity contribution is 9.10. The Morgan fingerprint density at radius 1 is 1.27 bits per heavy atom. The van der Waals surface area contributed by atoms with Gasteiger partial charge in [-0.1, -0.05) is 11.6 Å². The molecule has 140 valence electrons. The molecule has 0 spiro atoms. The van der Waals surface area contributed by atoms with Gasteiger partial charge < -0.3 is 10.1 Å². The monoisotopic (exact) mass is 478 g/mol. The molecule has 2 heterocycles. The number of carbonyl (C=O) groups excluding carboxylic acids is 1. The Morgan fingerprint density at radius 2 is 2.00 bits per heavy atom. The number of sulfonamides is 1. The van der Waals surface area contributed by atoms with E-state index in [0.29, 0.717) is 41.7 Å². The van der Waals surface area contributed by atoms with Gasteiger partial charge >= 0.3 is 0 Å². The lowest BCUT2D eigenvalue weighted by atomic mass is 10.2. The van der Waals surface area contributed by atoms with Crippen molar-refractivity contribution in [3.63, 3.8) is 0 Å². The van der Waals surface area contributed by atoms with Crippen molar-refractivity contribution in [2.24, 2.45) is 0 Å². The molecule has 6 nitrogen and oxygen atoms in total. The number of rotatable bonds is 5. The summed E-state index contributed by atoms with van der Waals surface area (Å²) < 4.78 is 33.4. The largest absolute Gasteiger partial charge is 0.379 e. The van der Waals surface area contributed by atoms with Crippen LogP contribution < -0.4 is 5.32 Å². The highest BCUT2D eigenvalue weighted by atomic mass is 79.9. The van der Waals surface area contributed by atoms with Gasteiger partial charge in [0.05, 0.1) is 29.0 Å². The first-order valence-corrected chi connectivity index (χ1v) is 11.2. The SMILES string of the molecule is O=C(NCc1ccc(Cl)s1)c1ccc(Br)c(S(=O)(=O)N2CCOCC2)c1. The molecule has 1 amide bonds. The van der Waals surface area contributed by atoms with Crippen LogP contribution in [0.4, 0.5) is 0 Å². The van der Waals surface area contributed by atoms with Crippen LogP contribution in [0, 0.1) is 0 Å². The Kier molecular flexibility index (Phi) is 6.37. The minimum absolute atomic E-state index is 0.0752.